The number of furan rings is 1. The summed E-state index contributed by atoms with van der Waals surface area (Å²) < 4.78 is 5.69. The summed E-state index contributed by atoms with van der Waals surface area (Å²) in [5, 5.41) is 0. The van der Waals surface area contributed by atoms with E-state index in [1.165, 1.54) is 24.0 Å². The molecule has 0 fully saturated rings. The van der Waals surface area contributed by atoms with Gasteiger partial charge in [-0.05, 0) is 49.4 Å². The summed E-state index contributed by atoms with van der Waals surface area (Å²) in [5.41, 5.74) is 9.26. The molecule has 2 aromatic rings. The Balaban J connectivity index is 1.94. The number of fused-ring (bicyclic) bond motifs is 1. The molecule has 0 bridgehead atoms. The molecule has 1 aliphatic carbocycles. The first kappa shape index (κ1) is 11.5. The Bertz CT molecular complexity index is 544. The standard InChI is InChI=1S/C16H19NO/c1-11-9-10-15(18-11)16(17)14-8-4-6-12-5-2-3-7-13(12)14/h2-3,5,7,9-10,14,16H,4,6,8,17H2,1H3. The van der Waals surface area contributed by atoms with E-state index < -0.39 is 0 Å². The third-order valence-corrected chi connectivity index (χ3v) is 3.94. The van der Waals surface area contributed by atoms with Crippen molar-refractivity contribution in [2.75, 3.05) is 0 Å². The highest BCUT2D eigenvalue weighted by molar-refractivity contribution is 5.34. The van der Waals surface area contributed by atoms with Crippen molar-refractivity contribution in [3.8, 4) is 0 Å². The van der Waals surface area contributed by atoms with E-state index in [9.17, 15) is 0 Å². The van der Waals surface area contributed by atoms with E-state index in [-0.39, 0.29) is 6.04 Å². The van der Waals surface area contributed by atoms with E-state index in [0.717, 1.165) is 17.9 Å². The third-order valence-electron chi connectivity index (χ3n) is 3.94. The van der Waals surface area contributed by atoms with Crippen molar-refractivity contribution >= 4 is 0 Å². The molecular weight excluding hydrogens is 222 g/mol. The van der Waals surface area contributed by atoms with Crippen molar-refractivity contribution in [1.29, 1.82) is 0 Å². The molecule has 18 heavy (non-hydrogen) atoms. The lowest BCUT2D eigenvalue weighted by atomic mass is 9.78. The molecule has 1 aliphatic rings. The minimum Gasteiger partial charge on any atom is -0.465 e. The van der Waals surface area contributed by atoms with Gasteiger partial charge < -0.3 is 10.2 Å². The molecule has 0 amide bonds. The summed E-state index contributed by atoms with van der Waals surface area (Å²) in [7, 11) is 0. The van der Waals surface area contributed by atoms with Gasteiger partial charge in [0, 0.05) is 5.92 Å². The molecule has 2 unspecified atom stereocenters. The van der Waals surface area contributed by atoms with Gasteiger partial charge in [-0.3, -0.25) is 0 Å². The van der Waals surface area contributed by atoms with Crippen molar-refractivity contribution < 1.29 is 4.42 Å². The lowest BCUT2D eigenvalue weighted by Crippen LogP contribution is -2.23. The Morgan fingerprint density at radius 3 is 2.83 bits per heavy atom. The summed E-state index contributed by atoms with van der Waals surface area (Å²) in [6.07, 6.45) is 3.55. The Morgan fingerprint density at radius 1 is 1.22 bits per heavy atom. The second kappa shape index (κ2) is 4.62. The Hall–Kier alpha value is -1.54. The summed E-state index contributed by atoms with van der Waals surface area (Å²) in [6, 6.07) is 12.6. The molecule has 2 N–H and O–H groups in total. The van der Waals surface area contributed by atoms with Crippen LogP contribution in [-0.2, 0) is 6.42 Å². The molecule has 0 aliphatic heterocycles. The van der Waals surface area contributed by atoms with Gasteiger partial charge in [-0.25, -0.2) is 0 Å². The molecule has 1 aromatic heterocycles. The van der Waals surface area contributed by atoms with Crippen LogP contribution in [0.1, 0.15) is 47.4 Å². The molecule has 2 nitrogen and oxygen atoms in total. The average molecular weight is 241 g/mol. The van der Waals surface area contributed by atoms with E-state index in [2.05, 4.69) is 24.3 Å². The maximum atomic E-state index is 6.40. The smallest absolute Gasteiger partial charge is 0.121 e. The van der Waals surface area contributed by atoms with Gasteiger partial charge in [0.05, 0.1) is 6.04 Å². The second-order valence-corrected chi connectivity index (χ2v) is 5.17. The SMILES string of the molecule is Cc1ccc(C(N)C2CCCc3ccccc32)o1. The maximum Gasteiger partial charge on any atom is 0.121 e. The summed E-state index contributed by atoms with van der Waals surface area (Å²) >= 11 is 0. The van der Waals surface area contributed by atoms with Crippen LogP contribution >= 0.6 is 0 Å². The van der Waals surface area contributed by atoms with E-state index >= 15 is 0 Å². The van der Waals surface area contributed by atoms with E-state index in [0.29, 0.717) is 5.92 Å². The van der Waals surface area contributed by atoms with Crippen LogP contribution in [0.2, 0.25) is 0 Å². The fourth-order valence-corrected chi connectivity index (χ4v) is 3.00. The number of hydrogen-bond acceptors (Lipinski definition) is 2. The van der Waals surface area contributed by atoms with Crippen molar-refractivity contribution in [3.05, 3.63) is 59.0 Å². The van der Waals surface area contributed by atoms with Gasteiger partial charge >= 0.3 is 0 Å². The lowest BCUT2D eigenvalue weighted by molar-refractivity contribution is 0.386. The van der Waals surface area contributed by atoms with Crippen molar-refractivity contribution in [3.63, 3.8) is 0 Å². The minimum absolute atomic E-state index is 0.0276. The molecule has 0 saturated heterocycles. The second-order valence-electron chi connectivity index (χ2n) is 5.17. The zero-order valence-electron chi connectivity index (χ0n) is 10.7. The van der Waals surface area contributed by atoms with Gasteiger partial charge in [0.1, 0.15) is 11.5 Å². The number of aryl methyl sites for hydroxylation is 2. The zero-order chi connectivity index (χ0) is 12.5. The molecule has 1 heterocycles. The van der Waals surface area contributed by atoms with E-state index in [1.54, 1.807) is 0 Å². The Morgan fingerprint density at radius 2 is 2.06 bits per heavy atom. The third kappa shape index (κ3) is 1.97. The molecule has 0 saturated carbocycles. The summed E-state index contributed by atoms with van der Waals surface area (Å²) in [4.78, 5) is 0. The molecule has 0 spiro atoms. The molecule has 2 atom stereocenters. The maximum absolute atomic E-state index is 6.40. The van der Waals surface area contributed by atoms with Crippen LogP contribution < -0.4 is 5.73 Å². The van der Waals surface area contributed by atoms with Gasteiger partial charge in [-0.1, -0.05) is 24.3 Å². The topological polar surface area (TPSA) is 39.2 Å². The van der Waals surface area contributed by atoms with Crippen LogP contribution in [0.25, 0.3) is 0 Å². The fourth-order valence-electron chi connectivity index (χ4n) is 3.00. The highest BCUT2D eigenvalue weighted by atomic mass is 16.3. The highest BCUT2D eigenvalue weighted by Crippen LogP contribution is 2.39. The van der Waals surface area contributed by atoms with Crippen LogP contribution in [0.5, 0.6) is 0 Å². The summed E-state index contributed by atoms with van der Waals surface area (Å²) in [6.45, 7) is 1.96. The predicted octanol–water partition coefficient (Wildman–Crippen LogP) is 3.71. The van der Waals surface area contributed by atoms with Gasteiger partial charge in [-0.15, -0.1) is 0 Å². The van der Waals surface area contributed by atoms with Crippen molar-refractivity contribution in [2.45, 2.75) is 38.1 Å². The molecule has 94 valence electrons. The summed E-state index contributed by atoms with van der Waals surface area (Å²) in [5.74, 6) is 2.24. The largest absolute Gasteiger partial charge is 0.465 e. The van der Waals surface area contributed by atoms with E-state index in [4.69, 9.17) is 10.2 Å². The van der Waals surface area contributed by atoms with Crippen molar-refractivity contribution in [2.24, 2.45) is 5.73 Å². The number of hydrogen-bond donors (Lipinski definition) is 1. The number of nitrogens with two attached hydrogens (primary N) is 1. The zero-order valence-corrected chi connectivity index (χ0v) is 10.7. The van der Waals surface area contributed by atoms with Crippen LogP contribution in [0.4, 0.5) is 0 Å². The number of benzene rings is 1. The van der Waals surface area contributed by atoms with Crippen LogP contribution in [0, 0.1) is 6.92 Å². The van der Waals surface area contributed by atoms with Gasteiger partial charge in [0.15, 0.2) is 0 Å². The van der Waals surface area contributed by atoms with Crippen LogP contribution in [0.3, 0.4) is 0 Å². The van der Waals surface area contributed by atoms with Gasteiger partial charge in [0.2, 0.25) is 0 Å². The molecular formula is C16H19NO. The van der Waals surface area contributed by atoms with Gasteiger partial charge in [-0.2, -0.15) is 0 Å². The highest BCUT2D eigenvalue weighted by Gasteiger charge is 2.27. The monoisotopic (exact) mass is 241 g/mol. The first-order valence-electron chi connectivity index (χ1n) is 6.65. The normalized spacial score (nSPS) is 20.4. The predicted molar refractivity (Wildman–Crippen MR) is 72.5 cm³/mol. The molecule has 1 aromatic carbocycles. The average Bonchev–Trinajstić information content (AvgIpc) is 2.84. The van der Waals surface area contributed by atoms with Crippen LogP contribution in [-0.4, -0.2) is 0 Å². The van der Waals surface area contributed by atoms with Crippen molar-refractivity contribution in [1.82, 2.24) is 0 Å². The van der Waals surface area contributed by atoms with E-state index in [1.807, 2.05) is 19.1 Å². The molecule has 0 radical (unpaired) electrons. The first-order valence-corrected chi connectivity index (χ1v) is 6.65. The Kier molecular flexibility index (Phi) is 2.96. The Labute approximate surface area is 108 Å². The minimum atomic E-state index is -0.0276. The van der Waals surface area contributed by atoms with Crippen LogP contribution in [0.15, 0.2) is 40.8 Å². The molecule has 3 rings (SSSR count). The quantitative estimate of drug-likeness (QED) is 0.870. The molecule has 2 heteroatoms. The van der Waals surface area contributed by atoms with Gasteiger partial charge in [0.25, 0.3) is 0 Å². The lowest BCUT2D eigenvalue weighted by Gasteiger charge is -2.29. The number of rotatable bonds is 2. The fraction of sp³-hybridized carbons (Fsp3) is 0.375. The first-order chi connectivity index (χ1) is 8.75.